The van der Waals surface area contributed by atoms with Crippen molar-refractivity contribution in [2.24, 2.45) is 4.99 Å². The van der Waals surface area contributed by atoms with Gasteiger partial charge in [0.2, 0.25) is 5.91 Å². The van der Waals surface area contributed by atoms with E-state index in [9.17, 15) is 14.4 Å². The molecular weight excluding hydrogens is 272 g/mol. The largest absolute Gasteiger partial charge is 0.467 e. The number of carbonyl (C=O) groups excluding carboxylic acids is 3. The van der Waals surface area contributed by atoms with Gasteiger partial charge in [0.05, 0.1) is 20.0 Å². The van der Waals surface area contributed by atoms with Gasteiger partial charge in [-0.2, -0.15) is 0 Å². The van der Waals surface area contributed by atoms with Crippen molar-refractivity contribution in [2.45, 2.75) is 24.9 Å². The van der Waals surface area contributed by atoms with Crippen molar-refractivity contribution in [2.75, 3.05) is 20.0 Å². The van der Waals surface area contributed by atoms with Crippen molar-refractivity contribution in [1.82, 2.24) is 4.90 Å². The number of methoxy groups -OCH3 is 2. The molecule has 0 aliphatic carbocycles. The summed E-state index contributed by atoms with van der Waals surface area (Å²) in [5.74, 6) is -1.46. The van der Waals surface area contributed by atoms with E-state index in [1.165, 1.54) is 44.7 Å². The van der Waals surface area contributed by atoms with Crippen LogP contribution in [-0.4, -0.2) is 59.0 Å². The Hall–Kier alpha value is -1.57. The molecule has 7 nitrogen and oxygen atoms in total. The van der Waals surface area contributed by atoms with Crippen molar-refractivity contribution in [3.63, 3.8) is 0 Å². The van der Waals surface area contributed by atoms with E-state index in [-0.39, 0.29) is 11.7 Å². The maximum absolute atomic E-state index is 12.2. The predicted molar refractivity (Wildman–Crippen MR) is 67.6 cm³/mol. The van der Waals surface area contributed by atoms with Crippen LogP contribution in [0.5, 0.6) is 0 Å². The highest BCUT2D eigenvalue weighted by Crippen LogP contribution is 2.45. The number of amides is 1. The molecule has 0 N–H and O–H groups in total. The van der Waals surface area contributed by atoms with E-state index in [0.717, 1.165) is 0 Å². The molecule has 19 heavy (non-hydrogen) atoms. The van der Waals surface area contributed by atoms with Crippen LogP contribution in [0.15, 0.2) is 4.99 Å². The standard InChI is InChI=1S/C11H14N2O5S/c1-10(7(15)17-3)11(2,8(16)18-4)13-6(14)5-19-9(13)12-10/h5H2,1-4H3/t10-,11-/m1/s1. The number of aliphatic imine (C=N–C) groups is 1. The second-order valence-corrected chi connectivity index (χ2v) is 5.48. The van der Waals surface area contributed by atoms with Gasteiger partial charge >= 0.3 is 11.9 Å². The number of rotatable bonds is 2. The number of ether oxygens (including phenoxy) is 2. The van der Waals surface area contributed by atoms with Crippen LogP contribution >= 0.6 is 11.8 Å². The maximum Gasteiger partial charge on any atom is 0.336 e. The summed E-state index contributed by atoms with van der Waals surface area (Å²) in [6.07, 6.45) is 0. The molecule has 104 valence electrons. The highest BCUT2D eigenvalue weighted by atomic mass is 32.2. The summed E-state index contributed by atoms with van der Waals surface area (Å²) in [6, 6.07) is 0. The van der Waals surface area contributed by atoms with E-state index in [1.54, 1.807) is 0 Å². The number of amidine groups is 1. The fraction of sp³-hybridized carbons (Fsp3) is 0.636. The lowest BCUT2D eigenvalue weighted by Gasteiger charge is -2.38. The van der Waals surface area contributed by atoms with Gasteiger partial charge in [0.15, 0.2) is 16.2 Å². The average molecular weight is 286 g/mol. The van der Waals surface area contributed by atoms with E-state index in [0.29, 0.717) is 5.17 Å². The molecule has 0 aromatic rings. The number of carbonyl (C=O) groups is 3. The van der Waals surface area contributed by atoms with Gasteiger partial charge in [0.25, 0.3) is 0 Å². The zero-order valence-corrected chi connectivity index (χ0v) is 11.9. The van der Waals surface area contributed by atoms with Gasteiger partial charge in [-0.1, -0.05) is 11.8 Å². The van der Waals surface area contributed by atoms with Crippen molar-refractivity contribution in [1.29, 1.82) is 0 Å². The number of esters is 2. The third-order valence-corrected chi connectivity index (χ3v) is 4.57. The fourth-order valence-corrected chi connectivity index (χ4v) is 3.38. The third kappa shape index (κ3) is 1.52. The van der Waals surface area contributed by atoms with Gasteiger partial charge < -0.3 is 9.47 Å². The van der Waals surface area contributed by atoms with E-state index >= 15 is 0 Å². The first-order valence-electron chi connectivity index (χ1n) is 5.55. The molecule has 8 heteroatoms. The zero-order valence-electron chi connectivity index (χ0n) is 11.1. The molecule has 2 rings (SSSR count). The van der Waals surface area contributed by atoms with Crippen LogP contribution in [0.4, 0.5) is 0 Å². The van der Waals surface area contributed by atoms with Crippen LogP contribution in [0.1, 0.15) is 13.8 Å². The lowest BCUT2D eigenvalue weighted by Crippen LogP contribution is -2.65. The van der Waals surface area contributed by atoms with Crippen molar-refractivity contribution < 1.29 is 23.9 Å². The van der Waals surface area contributed by atoms with Gasteiger partial charge in [0, 0.05) is 0 Å². The van der Waals surface area contributed by atoms with Crippen LogP contribution in [0.25, 0.3) is 0 Å². The summed E-state index contributed by atoms with van der Waals surface area (Å²) in [6.45, 7) is 2.94. The van der Waals surface area contributed by atoms with Gasteiger partial charge in [-0.3, -0.25) is 9.69 Å². The number of nitrogens with zero attached hydrogens (tertiary/aromatic N) is 2. The number of thioether (sulfide) groups is 1. The molecule has 0 aromatic heterocycles. The highest BCUT2D eigenvalue weighted by Gasteiger charge is 2.68. The summed E-state index contributed by atoms with van der Waals surface area (Å²) in [7, 11) is 2.42. The quantitative estimate of drug-likeness (QED) is 0.653. The first-order valence-corrected chi connectivity index (χ1v) is 6.54. The maximum atomic E-state index is 12.2. The average Bonchev–Trinajstić information content (AvgIpc) is 2.86. The van der Waals surface area contributed by atoms with Crippen molar-refractivity contribution in [3.05, 3.63) is 0 Å². The van der Waals surface area contributed by atoms with Crippen LogP contribution in [0.2, 0.25) is 0 Å². The number of fused-ring (bicyclic) bond motifs is 1. The molecule has 0 bridgehead atoms. The second-order valence-electron chi connectivity index (χ2n) is 4.54. The zero-order chi connectivity index (χ0) is 14.4. The minimum atomic E-state index is -1.52. The lowest BCUT2D eigenvalue weighted by molar-refractivity contribution is -0.166. The Kier molecular flexibility index (Phi) is 3.08. The Morgan fingerprint density at radius 2 is 1.84 bits per heavy atom. The molecule has 0 saturated carbocycles. The monoisotopic (exact) mass is 286 g/mol. The van der Waals surface area contributed by atoms with Gasteiger partial charge in [-0.05, 0) is 13.8 Å². The molecule has 0 spiro atoms. The molecule has 2 atom stereocenters. The van der Waals surface area contributed by atoms with E-state index in [1.807, 2.05) is 0 Å². The van der Waals surface area contributed by atoms with Crippen molar-refractivity contribution in [3.8, 4) is 0 Å². The number of hydrogen-bond acceptors (Lipinski definition) is 7. The Bertz CT molecular complexity index is 505. The Morgan fingerprint density at radius 3 is 2.37 bits per heavy atom. The molecule has 1 fully saturated rings. The molecule has 1 amide bonds. The van der Waals surface area contributed by atoms with Crippen LogP contribution < -0.4 is 0 Å². The Labute approximate surface area is 114 Å². The molecule has 1 saturated heterocycles. The number of hydrogen-bond donors (Lipinski definition) is 0. The van der Waals surface area contributed by atoms with Gasteiger partial charge in [-0.15, -0.1) is 0 Å². The van der Waals surface area contributed by atoms with E-state index in [2.05, 4.69) is 4.99 Å². The Balaban J connectivity index is 2.61. The Morgan fingerprint density at radius 1 is 1.26 bits per heavy atom. The summed E-state index contributed by atoms with van der Waals surface area (Å²) >= 11 is 1.19. The van der Waals surface area contributed by atoms with Gasteiger partial charge in [-0.25, -0.2) is 14.6 Å². The summed E-state index contributed by atoms with van der Waals surface area (Å²) in [4.78, 5) is 41.6. The SMILES string of the molecule is COC(=O)[C@@]1(C)N2C(=O)CSC2=N[C@]1(C)C(=O)OC. The molecule has 0 aromatic carbocycles. The minimum Gasteiger partial charge on any atom is -0.467 e. The molecular formula is C11H14N2O5S. The van der Waals surface area contributed by atoms with Crippen LogP contribution in [0, 0.1) is 0 Å². The molecule has 0 radical (unpaired) electrons. The van der Waals surface area contributed by atoms with Crippen LogP contribution in [-0.2, 0) is 23.9 Å². The molecule has 0 unspecified atom stereocenters. The summed E-state index contributed by atoms with van der Waals surface area (Å²) < 4.78 is 9.49. The van der Waals surface area contributed by atoms with E-state index in [4.69, 9.17) is 9.47 Å². The minimum absolute atomic E-state index is 0.197. The van der Waals surface area contributed by atoms with Crippen molar-refractivity contribution >= 4 is 34.8 Å². The highest BCUT2D eigenvalue weighted by molar-refractivity contribution is 8.15. The molecule has 2 aliphatic rings. The van der Waals surface area contributed by atoms with Crippen LogP contribution in [0.3, 0.4) is 0 Å². The molecule has 2 aliphatic heterocycles. The first-order chi connectivity index (χ1) is 8.82. The smallest absolute Gasteiger partial charge is 0.336 e. The second kappa shape index (κ2) is 4.22. The first kappa shape index (κ1) is 13.9. The predicted octanol–water partition coefficient (Wildman–Crippen LogP) is -0.205. The fourth-order valence-electron chi connectivity index (χ4n) is 2.33. The lowest BCUT2D eigenvalue weighted by atomic mass is 9.79. The molecule has 2 heterocycles. The summed E-state index contributed by atoms with van der Waals surface area (Å²) in [5.41, 5.74) is -3.03. The third-order valence-electron chi connectivity index (χ3n) is 3.65. The normalized spacial score (nSPS) is 32.9. The van der Waals surface area contributed by atoms with E-state index < -0.39 is 23.0 Å². The topological polar surface area (TPSA) is 85.3 Å². The summed E-state index contributed by atoms with van der Waals surface area (Å²) in [5, 5.41) is 0.353. The van der Waals surface area contributed by atoms with Gasteiger partial charge in [0.1, 0.15) is 0 Å².